The molecule has 0 aliphatic carbocycles. The van der Waals surface area contributed by atoms with Crippen molar-refractivity contribution in [3.63, 3.8) is 0 Å². The summed E-state index contributed by atoms with van der Waals surface area (Å²) in [6, 6.07) is 6.60. The SMILES string of the molecule is CC(C)COc1ccc(CC#N)cc1F. The smallest absolute Gasteiger partial charge is 0.165 e. The molecule has 1 rings (SSSR count). The second-order valence-electron chi connectivity index (χ2n) is 3.80. The molecule has 15 heavy (non-hydrogen) atoms. The number of halogens is 1. The van der Waals surface area contributed by atoms with Crippen LogP contribution in [0.2, 0.25) is 0 Å². The van der Waals surface area contributed by atoms with Crippen molar-refractivity contribution in [3.8, 4) is 11.8 Å². The van der Waals surface area contributed by atoms with E-state index in [1.807, 2.05) is 19.9 Å². The lowest BCUT2D eigenvalue weighted by Gasteiger charge is -2.09. The minimum Gasteiger partial charge on any atom is -0.490 e. The van der Waals surface area contributed by atoms with Crippen molar-refractivity contribution in [2.75, 3.05) is 6.61 Å². The predicted molar refractivity (Wildman–Crippen MR) is 56.1 cm³/mol. The van der Waals surface area contributed by atoms with E-state index in [2.05, 4.69) is 0 Å². The van der Waals surface area contributed by atoms with Crippen LogP contribution in [0.4, 0.5) is 4.39 Å². The van der Waals surface area contributed by atoms with Crippen LogP contribution in [-0.2, 0) is 6.42 Å². The van der Waals surface area contributed by atoms with Gasteiger partial charge in [-0.1, -0.05) is 19.9 Å². The molecule has 2 nitrogen and oxygen atoms in total. The molecule has 0 amide bonds. The first kappa shape index (κ1) is 11.5. The Morgan fingerprint density at radius 1 is 1.47 bits per heavy atom. The lowest BCUT2D eigenvalue weighted by molar-refractivity contribution is 0.259. The first-order chi connectivity index (χ1) is 7.13. The van der Waals surface area contributed by atoms with E-state index in [1.165, 1.54) is 6.07 Å². The maximum atomic E-state index is 13.4. The van der Waals surface area contributed by atoms with Crippen molar-refractivity contribution in [1.82, 2.24) is 0 Å². The average Bonchev–Trinajstić information content (AvgIpc) is 2.17. The van der Waals surface area contributed by atoms with E-state index in [4.69, 9.17) is 10.00 Å². The van der Waals surface area contributed by atoms with Crippen LogP contribution in [0.15, 0.2) is 18.2 Å². The van der Waals surface area contributed by atoms with Gasteiger partial charge in [0.1, 0.15) is 0 Å². The molecule has 3 heteroatoms. The third-order valence-electron chi connectivity index (χ3n) is 1.85. The van der Waals surface area contributed by atoms with Gasteiger partial charge in [0, 0.05) is 0 Å². The molecule has 80 valence electrons. The monoisotopic (exact) mass is 207 g/mol. The van der Waals surface area contributed by atoms with Crippen LogP contribution in [-0.4, -0.2) is 6.61 Å². The molecule has 0 fully saturated rings. The van der Waals surface area contributed by atoms with E-state index in [0.717, 1.165) is 0 Å². The Labute approximate surface area is 89.3 Å². The summed E-state index contributed by atoms with van der Waals surface area (Å²) in [6.07, 6.45) is 0.224. The third-order valence-corrected chi connectivity index (χ3v) is 1.85. The summed E-state index contributed by atoms with van der Waals surface area (Å²) < 4.78 is 18.7. The van der Waals surface area contributed by atoms with Crippen LogP contribution in [0.1, 0.15) is 19.4 Å². The summed E-state index contributed by atoms with van der Waals surface area (Å²) in [5, 5.41) is 8.45. The molecule has 0 radical (unpaired) electrons. The minimum absolute atomic E-state index is 0.224. The summed E-state index contributed by atoms with van der Waals surface area (Å²) in [5.74, 6) is 0.219. The van der Waals surface area contributed by atoms with Gasteiger partial charge in [-0.3, -0.25) is 0 Å². The third kappa shape index (κ3) is 3.59. The van der Waals surface area contributed by atoms with Gasteiger partial charge >= 0.3 is 0 Å². The van der Waals surface area contributed by atoms with Crippen molar-refractivity contribution in [3.05, 3.63) is 29.6 Å². The molecule has 0 spiro atoms. The topological polar surface area (TPSA) is 33.0 Å². The van der Waals surface area contributed by atoms with Gasteiger partial charge in [0.05, 0.1) is 19.1 Å². The number of nitrogens with zero attached hydrogens (tertiary/aromatic N) is 1. The highest BCUT2D eigenvalue weighted by Gasteiger charge is 2.05. The average molecular weight is 207 g/mol. The van der Waals surface area contributed by atoms with E-state index in [1.54, 1.807) is 12.1 Å². The normalized spacial score (nSPS) is 10.1. The highest BCUT2D eigenvalue weighted by Crippen LogP contribution is 2.19. The Balaban J connectivity index is 2.71. The summed E-state index contributed by atoms with van der Waals surface area (Å²) in [7, 11) is 0. The summed E-state index contributed by atoms with van der Waals surface area (Å²) >= 11 is 0. The Kier molecular flexibility index (Phi) is 4.11. The lowest BCUT2D eigenvalue weighted by atomic mass is 10.1. The molecule has 0 atom stereocenters. The quantitative estimate of drug-likeness (QED) is 0.760. The van der Waals surface area contributed by atoms with Gasteiger partial charge < -0.3 is 4.74 Å². The molecule has 1 aromatic carbocycles. The van der Waals surface area contributed by atoms with E-state index in [9.17, 15) is 4.39 Å². The van der Waals surface area contributed by atoms with Gasteiger partial charge in [0.2, 0.25) is 0 Å². The van der Waals surface area contributed by atoms with Crippen molar-refractivity contribution in [2.24, 2.45) is 5.92 Å². The molecule has 1 aromatic rings. The Morgan fingerprint density at radius 2 is 2.20 bits per heavy atom. The van der Waals surface area contributed by atoms with Crippen molar-refractivity contribution in [1.29, 1.82) is 5.26 Å². The zero-order chi connectivity index (χ0) is 11.3. The molecule has 0 unspecified atom stereocenters. The second-order valence-corrected chi connectivity index (χ2v) is 3.80. The number of rotatable bonds is 4. The Morgan fingerprint density at radius 3 is 2.73 bits per heavy atom. The van der Waals surface area contributed by atoms with Crippen LogP contribution >= 0.6 is 0 Å². The predicted octanol–water partition coefficient (Wildman–Crippen LogP) is 2.93. The maximum absolute atomic E-state index is 13.4. The van der Waals surface area contributed by atoms with Gasteiger partial charge in [0.25, 0.3) is 0 Å². The van der Waals surface area contributed by atoms with E-state index >= 15 is 0 Å². The summed E-state index contributed by atoms with van der Waals surface area (Å²) in [6.45, 7) is 4.50. The van der Waals surface area contributed by atoms with Crippen LogP contribution in [0, 0.1) is 23.1 Å². The fourth-order valence-electron chi connectivity index (χ4n) is 1.12. The molecule has 0 bridgehead atoms. The van der Waals surface area contributed by atoms with Crippen molar-refractivity contribution < 1.29 is 9.13 Å². The fourth-order valence-corrected chi connectivity index (χ4v) is 1.12. The highest BCUT2D eigenvalue weighted by molar-refractivity contribution is 5.30. The molecule has 0 aliphatic rings. The molecule has 0 N–H and O–H groups in total. The molecule has 0 aromatic heterocycles. The van der Waals surface area contributed by atoms with Crippen LogP contribution in [0.5, 0.6) is 5.75 Å². The standard InChI is InChI=1S/C12H14FNO/c1-9(2)8-15-12-4-3-10(5-6-14)7-11(12)13/h3-4,7,9H,5,8H2,1-2H3. The maximum Gasteiger partial charge on any atom is 0.165 e. The second kappa shape index (κ2) is 5.35. The molecule has 0 aliphatic heterocycles. The van der Waals surface area contributed by atoms with Crippen LogP contribution in [0.25, 0.3) is 0 Å². The van der Waals surface area contributed by atoms with Crippen molar-refractivity contribution >= 4 is 0 Å². The molecule has 0 heterocycles. The fraction of sp³-hybridized carbons (Fsp3) is 0.417. The largest absolute Gasteiger partial charge is 0.490 e. The van der Waals surface area contributed by atoms with Gasteiger partial charge in [0.15, 0.2) is 11.6 Å². The molecular weight excluding hydrogens is 193 g/mol. The number of hydrogen-bond acceptors (Lipinski definition) is 2. The van der Waals surface area contributed by atoms with Crippen LogP contribution in [0.3, 0.4) is 0 Å². The lowest BCUT2D eigenvalue weighted by Crippen LogP contribution is -2.05. The minimum atomic E-state index is -0.400. The molecule has 0 saturated heterocycles. The van der Waals surface area contributed by atoms with Crippen LogP contribution < -0.4 is 4.74 Å². The van der Waals surface area contributed by atoms with E-state index in [-0.39, 0.29) is 12.2 Å². The summed E-state index contributed by atoms with van der Waals surface area (Å²) in [5.41, 5.74) is 0.673. The zero-order valence-electron chi connectivity index (χ0n) is 8.96. The first-order valence-electron chi connectivity index (χ1n) is 4.91. The number of ether oxygens (including phenoxy) is 1. The van der Waals surface area contributed by atoms with Gasteiger partial charge in [-0.15, -0.1) is 0 Å². The van der Waals surface area contributed by atoms with Gasteiger partial charge in [-0.05, 0) is 23.6 Å². The highest BCUT2D eigenvalue weighted by atomic mass is 19.1. The number of benzene rings is 1. The van der Waals surface area contributed by atoms with E-state index in [0.29, 0.717) is 18.1 Å². The Hall–Kier alpha value is -1.56. The zero-order valence-corrected chi connectivity index (χ0v) is 8.96. The van der Waals surface area contributed by atoms with Crippen molar-refractivity contribution in [2.45, 2.75) is 20.3 Å². The van der Waals surface area contributed by atoms with Gasteiger partial charge in [-0.2, -0.15) is 5.26 Å². The van der Waals surface area contributed by atoms with E-state index < -0.39 is 5.82 Å². The molecular formula is C12H14FNO. The number of hydrogen-bond donors (Lipinski definition) is 0. The first-order valence-corrected chi connectivity index (χ1v) is 4.91. The molecule has 0 saturated carbocycles. The Bertz CT molecular complexity index is 368. The summed E-state index contributed by atoms with van der Waals surface area (Å²) in [4.78, 5) is 0. The van der Waals surface area contributed by atoms with Gasteiger partial charge in [-0.25, -0.2) is 4.39 Å². The number of nitriles is 1.